The Morgan fingerprint density at radius 2 is 2.11 bits per heavy atom. The fourth-order valence-corrected chi connectivity index (χ4v) is 2.37. The highest BCUT2D eigenvalue weighted by atomic mass is 32.1. The largest absolute Gasteiger partial charge is 0.459 e. The summed E-state index contributed by atoms with van der Waals surface area (Å²) < 4.78 is 6.45. The standard InChI is InChI=1S/C13H12N4OS/c1-8-4-2-3-5-9(8)7-18-13-15-6-10-11(17-13)16-12(14)19-10/h2-6H,7H2,1H3,(H2,14,15,16,17). The lowest BCUT2D eigenvalue weighted by atomic mass is 10.1. The van der Waals surface area contributed by atoms with Crippen molar-refractivity contribution in [3.8, 4) is 6.01 Å². The lowest BCUT2D eigenvalue weighted by molar-refractivity contribution is 0.281. The van der Waals surface area contributed by atoms with Gasteiger partial charge in [-0.2, -0.15) is 4.98 Å². The summed E-state index contributed by atoms with van der Waals surface area (Å²) in [7, 11) is 0. The van der Waals surface area contributed by atoms with Crippen LogP contribution in [0.5, 0.6) is 6.01 Å². The van der Waals surface area contributed by atoms with Crippen molar-refractivity contribution >= 4 is 26.8 Å². The Bertz CT molecular complexity index is 725. The van der Waals surface area contributed by atoms with Crippen molar-refractivity contribution < 1.29 is 4.74 Å². The molecule has 0 aliphatic rings. The number of nitrogens with zero attached hydrogens (tertiary/aromatic N) is 3. The first kappa shape index (κ1) is 11.9. The average Bonchev–Trinajstić information content (AvgIpc) is 2.77. The molecule has 19 heavy (non-hydrogen) atoms. The van der Waals surface area contributed by atoms with Gasteiger partial charge in [-0.3, -0.25) is 0 Å². The van der Waals surface area contributed by atoms with Crippen LogP contribution in [-0.4, -0.2) is 15.0 Å². The number of hydrogen-bond donors (Lipinski definition) is 1. The minimum Gasteiger partial charge on any atom is -0.459 e. The summed E-state index contributed by atoms with van der Waals surface area (Å²) >= 11 is 1.36. The molecule has 0 radical (unpaired) electrons. The number of nitrogen functional groups attached to an aromatic ring is 1. The number of thiazole rings is 1. The van der Waals surface area contributed by atoms with E-state index in [0.29, 0.717) is 23.4 Å². The van der Waals surface area contributed by atoms with Gasteiger partial charge < -0.3 is 10.5 Å². The van der Waals surface area contributed by atoms with E-state index in [1.54, 1.807) is 6.20 Å². The van der Waals surface area contributed by atoms with Crippen LogP contribution in [0.1, 0.15) is 11.1 Å². The molecule has 1 aromatic carbocycles. The van der Waals surface area contributed by atoms with Crippen molar-refractivity contribution in [2.45, 2.75) is 13.5 Å². The molecule has 0 atom stereocenters. The molecule has 0 aliphatic heterocycles. The van der Waals surface area contributed by atoms with Crippen molar-refractivity contribution in [3.05, 3.63) is 41.6 Å². The zero-order valence-electron chi connectivity index (χ0n) is 10.3. The first-order chi connectivity index (χ1) is 9.22. The first-order valence-corrected chi connectivity index (χ1v) is 6.60. The van der Waals surface area contributed by atoms with Crippen LogP contribution < -0.4 is 10.5 Å². The van der Waals surface area contributed by atoms with Crippen LogP contribution in [0, 0.1) is 6.92 Å². The lowest BCUT2D eigenvalue weighted by Gasteiger charge is -2.06. The molecule has 0 spiro atoms. The van der Waals surface area contributed by atoms with Gasteiger partial charge in [-0.25, -0.2) is 9.97 Å². The number of aryl methyl sites for hydroxylation is 1. The van der Waals surface area contributed by atoms with E-state index < -0.39 is 0 Å². The Hall–Kier alpha value is -2.21. The molecule has 0 fully saturated rings. The van der Waals surface area contributed by atoms with Gasteiger partial charge in [0.15, 0.2) is 10.8 Å². The van der Waals surface area contributed by atoms with E-state index in [2.05, 4.69) is 15.0 Å². The first-order valence-electron chi connectivity index (χ1n) is 5.79. The fourth-order valence-electron chi connectivity index (χ4n) is 1.72. The molecule has 3 aromatic rings. The number of anilines is 1. The van der Waals surface area contributed by atoms with E-state index >= 15 is 0 Å². The lowest BCUT2D eigenvalue weighted by Crippen LogP contribution is -2.00. The minimum atomic E-state index is 0.320. The van der Waals surface area contributed by atoms with Gasteiger partial charge in [-0.1, -0.05) is 35.6 Å². The molecule has 2 N–H and O–H groups in total. The van der Waals surface area contributed by atoms with Crippen LogP contribution in [0.15, 0.2) is 30.5 Å². The third kappa shape index (κ3) is 2.48. The quantitative estimate of drug-likeness (QED) is 0.793. The molecule has 0 aliphatic carbocycles. The second kappa shape index (κ2) is 4.81. The summed E-state index contributed by atoms with van der Waals surface area (Å²) in [5.74, 6) is 0. The summed E-state index contributed by atoms with van der Waals surface area (Å²) in [5, 5.41) is 0.486. The highest BCUT2D eigenvalue weighted by molar-refractivity contribution is 7.21. The van der Waals surface area contributed by atoms with Gasteiger partial charge in [-0.15, -0.1) is 0 Å². The van der Waals surface area contributed by atoms with Gasteiger partial charge in [0.1, 0.15) is 6.61 Å². The van der Waals surface area contributed by atoms with E-state index in [0.717, 1.165) is 10.3 Å². The molecule has 2 aromatic heterocycles. The number of rotatable bonds is 3. The van der Waals surface area contributed by atoms with Crippen molar-refractivity contribution in [2.24, 2.45) is 0 Å². The average molecular weight is 272 g/mol. The van der Waals surface area contributed by atoms with Crippen molar-refractivity contribution in [1.82, 2.24) is 15.0 Å². The number of aromatic nitrogens is 3. The number of ether oxygens (including phenoxy) is 1. The van der Waals surface area contributed by atoms with Gasteiger partial charge in [0.2, 0.25) is 0 Å². The smallest absolute Gasteiger partial charge is 0.318 e. The zero-order valence-corrected chi connectivity index (χ0v) is 11.1. The highest BCUT2D eigenvalue weighted by Gasteiger charge is 2.06. The Balaban J connectivity index is 1.80. The maximum absolute atomic E-state index is 5.62. The van der Waals surface area contributed by atoms with E-state index in [9.17, 15) is 0 Å². The predicted molar refractivity (Wildman–Crippen MR) is 75.1 cm³/mol. The molecule has 0 unspecified atom stereocenters. The van der Waals surface area contributed by atoms with Crippen molar-refractivity contribution in [2.75, 3.05) is 5.73 Å². The second-order valence-corrected chi connectivity index (χ2v) is 5.17. The normalized spacial score (nSPS) is 10.8. The zero-order chi connectivity index (χ0) is 13.2. The molecule has 0 saturated carbocycles. The number of fused-ring (bicyclic) bond motifs is 1. The van der Waals surface area contributed by atoms with Gasteiger partial charge in [0, 0.05) is 0 Å². The van der Waals surface area contributed by atoms with Crippen LogP contribution in [-0.2, 0) is 6.61 Å². The van der Waals surface area contributed by atoms with E-state index in [1.807, 2.05) is 31.2 Å². The van der Waals surface area contributed by atoms with Crippen LogP contribution in [0.25, 0.3) is 10.3 Å². The summed E-state index contributed by atoms with van der Waals surface area (Å²) in [4.78, 5) is 12.5. The Labute approximate surface area is 114 Å². The molecule has 3 rings (SSSR count). The third-order valence-corrected chi connectivity index (χ3v) is 3.57. The van der Waals surface area contributed by atoms with Crippen molar-refractivity contribution in [1.29, 1.82) is 0 Å². The Morgan fingerprint density at radius 3 is 2.95 bits per heavy atom. The fraction of sp³-hybridized carbons (Fsp3) is 0.154. The Kier molecular flexibility index (Phi) is 3.00. The molecule has 2 heterocycles. The summed E-state index contributed by atoms with van der Waals surface area (Å²) in [6.07, 6.45) is 1.68. The SMILES string of the molecule is Cc1ccccc1COc1ncc2sc(N)nc2n1. The molecule has 6 heteroatoms. The maximum Gasteiger partial charge on any atom is 0.318 e. The second-order valence-electron chi connectivity index (χ2n) is 4.11. The van der Waals surface area contributed by atoms with E-state index in [-0.39, 0.29) is 0 Å². The van der Waals surface area contributed by atoms with Gasteiger partial charge in [-0.05, 0) is 18.1 Å². The third-order valence-electron chi connectivity index (χ3n) is 2.76. The molecule has 96 valence electrons. The van der Waals surface area contributed by atoms with Crippen molar-refractivity contribution in [3.63, 3.8) is 0 Å². The van der Waals surface area contributed by atoms with Gasteiger partial charge >= 0.3 is 6.01 Å². The van der Waals surface area contributed by atoms with E-state index in [4.69, 9.17) is 10.5 Å². The number of benzene rings is 1. The van der Waals surface area contributed by atoms with Crippen LogP contribution >= 0.6 is 11.3 Å². The van der Waals surface area contributed by atoms with Crippen LogP contribution in [0.3, 0.4) is 0 Å². The number of hydrogen-bond acceptors (Lipinski definition) is 6. The predicted octanol–water partition coefficient (Wildman–Crippen LogP) is 2.56. The van der Waals surface area contributed by atoms with Crippen LogP contribution in [0.4, 0.5) is 5.13 Å². The Morgan fingerprint density at radius 1 is 1.26 bits per heavy atom. The highest BCUT2D eigenvalue weighted by Crippen LogP contribution is 2.22. The molecular weight excluding hydrogens is 260 g/mol. The summed E-state index contributed by atoms with van der Waals surface area (Å²) in [6, 6.07) is 8.37. The number of nitrogens with two attached hydrogens (primary N) is 1. The monoisotopic (exact) mass is 272 g/mol. The van der Waals surface area contributed by atoms with E-state index in [1.165, 1.54) is 16.9 Å². The molecule has 0 bridgehead atoms. The van der Waals surface area contributed by atoms with Crippen LogP contribution in [0.2, 0.25) is 0 Å². The maximum atomic E-state index is 5.62. The topological polar surface area (TPSA) is 73.9 Å². The molecule has 0 amide bonds. The van der Waals surface area contributed by atoms with Gasteiger partial charge in [0.05, 0.1) is 10.9 Å². The molecule has 5 nitrogen and oxygen atoms in total. The molecule has 0 saturated heterocycles. The van der Waals surface area contributed by atoms with Gasteiger partial charge in [0.25, 0.3) is 0 Å². The minimum absolute atomic E-state index is 0.320. The summed E-state index contributed by atoms with van der Waals surface area (Å²) in [5.41, 5.74) is 8.50. The summed E-state index contributed by atoms with van der Waals surface area (Å²) in [6.45, 7) is 2.49. The molecular formula is C13H12N4OS.